The van der Waals surface area contributed by atoms with Crippen LogP contribution in [0, 0.1) is 0 Å². The monoisotopic (exact) mass is 1480 g/mol. The number of nitrogens with one attached hydrogen (secondary N) is 6. The van der Waals surface area contributed by atoms with Crippen LogP contribution >= 0.6 is 0 Å². The van der Waals surface area contributed by atoms with Crippen LogP contribution in [-0.4, -0.2) is 109 Å². The van der Waals surface area contributed by atoms with Crippen LogP contribution in [0.1, 0.15) is 67.9 Å². The summed E-state index contributed by atoms with van der Waals surface area (Å²) in [5, 5.41) is 34.8. The lowest BCUT2D eigenvalue weighted by molar-refractivity contribution is -0.134. The van der Waals surface area contributed by atoms with E-state index in [2.05, 4.69) is 122 Å². The molecule has 0 radical (unpaired) electrons. The van der Waals surface area contributed by atoms with Crippen LogP contribution < -0.4 is 38.0 Å². The predicted molar refractivity (Wildman–Crippen MR) is 448 cm³/mol. The molecule has 0 atom stereocenters. The van der Waals surface area contributed by atoms with Gasteiger partial charge in [0.1, 0.15) is 0 Å². The highest BCUT2D eigenvalue weighted by atomic mass is 16.5. The van der Waals surface area contributed by atoms with Crippen molar-refractivity contribution in [2.24, 2.45) is 5.73 Å². The second-order valence-corrected chi connectivity index (χ2v) is 22.6. The molecule has 0 saturated carbocycles. The van der Waals surface area contributed by atoms with Gasteiger partial charge in [0.25, 0.3) is 11.8 Å². The number of fused-ring (bicyclic) bond motifs is 5. The van der Waals surface area contributed by atoms with Gasteiger partial charge in [0.2, 0.25) is 0 Å². The number of hydroxylamine groups is 2. The molecular weight excluding hydrogens is 1380 g/mol. The van der Waals surface area contributed by atoms with Crippen molar-refractivity contribution in [1.82, 2.24) is 57.1 Å². The normalized spacial score (nSPS) is 9.82. The van der Waals surface area contributed by atoms with E-state index < -0.39 is 11.8 Å². The average Bonchev–Trinajstić information content (AvgIpc) is 0.896. The fraction of sp³-hybridized carbons (Fsp3) is 0.144. The summed E-state index contributed by atoms with van der Waals surface area (Å²) in [6.45, 7) is 7.24. The molecule has 9 aromatic carbocycles. The fourth-order valence-corrected chi connectivity index (χ4v) is 9.55. The fourth-order valence-electron chi connectivity index (χ4n) is 9.55. The number of rotatable bonds is 14. The predicted octanol–water partition coefficient (Wildman–Crippen LogP) is 16.0. The van der Waals surface area contributed by atoms with Crippen LogP contribution in [0.3, 0.4) is 0 Å². The zero-order valence-electron chi connectivity index (χ0n) is 63.7. The van der Waals surface area contributed by atoms with E-state index in [4.69, 9.17) is 10.4 Å². The third-order valence-corrected chi connectivity index (χ3v) is 14.9. The number of benzene rings is 9. The zero-order valence-corrected chi connectivity index (χ0v) is 63.7. The van der Waals surface area contributed by atoms with Gasteiger partial charge in [-0.1, -0.05) is 208 Å². The highest BCUT2D eigenvalue weighted by molar-refractivity contribution is 5.93. The first kappa shape index (κ1) is 89.5. The van der Waals surface area contributed by atoms with Crippen molar-refractivity contribution >= 4 is 90.4 Å². The summed E-state index contributed by atoms with van der Waals surface area (Å²) in [5.74, 6) is -1.66. The Bertz CT molecular complexity index is 4060. The van der Waals surface area contributed by atoms with Gasteiger partial charge < -0.3 is 36.5 Å². The van der Waals surface area contributed by atoms with Gasteiger partial charge in [-0.2, -0.15) is 0 Å². The molecule has 2 amide bonds. The van der Waals surface area contributed by atoms with Gasteiger partial charge in [0, 0.05) is 102 Å². The first-order valence-electron chi connectivity index (χ1n) is 35.3. The van der Waals surface area contributed by atoms with E-state index in [9.17, 15) is 19.2 Å². The molecule has 0 spiro atoms. The molecule has 0 aliphatic carbocycles. The van der Waals surface area contributed by atoms with E-state index >= 15 is 0 Å². The summed E-state index contributed by atoms with van der Waals surface area (Å²) < 4.78 is 9.08. The Kier molecular flexibility index (Phi) is 45.2. The molecule has 20 nitrogen and oxygen atoms in total. The highest BCUT2D eigenvalue weighted by Gasteiger charge is 2.05. The molecule has 0 saturated heterocycles. The van der Waals surface area contributed by atoms with E-state index in [1.165, 1.54) is 77.0 Å². The maximum Gasteiger partial charge on any atom is 0.337 e. The van der Waals surface area contributed by atoms with Gasteiger partial charge in [0.05, 0.1) is 47.4 Å². The Morgan fingerprint density at radius 3 is 0.836 bits per heavy atom. The Balaban J connectivity index is 0.000000260. The third-order valence-electron chi connectivity index (χ3n) is 14.9. The number of carbonyl (C=O) groups is 4. The lowest BCUT2D eigenvalue weighted by atomic mass is 10.1. The minimum Gasteiger partial charge on any atom is -0.466 e. The van der Waals surface area contributed by atoms with Crippen LogP contribution in [-0.2, 0) is 45.2 Å². The molecule has 10 N–H and O–H groups in total. The van der Waals surface area contributed by atoms with Crippen molar-refractivity contribution in [2.45, 2.75) is 40.0 Å². The van der Waals surface area contributed by atoms with E-state index in [1.807, 2.05) is 267 Å². The van der Waals surface area contributed by atoms with Gasteiger partial charge in [-0.05, 0) is 166 Å². The first-order valence-corrected chi connectivity index (χ1v) is 35.3. The minimum atomic E-state index is -0.533. The SMILES string of the molecule is CC.CN.CNCc1ccc(/C=C/C(=O)NO)cc1.CNCc1ccc(/C=C/C(=O)OC)cc1.CNCc1ccc(C(=O)NO)cc1.CNCc1ccc(C(=O)OC)cc1.c1ccc2ncccc2c1.c1ccc2ncccc2c1.c1ccc2ncccc2c1.c1ccc2ncccc2c1.c1ccc2ncccc2c1. The maximum absolute atomic E-state index is 11.0. The quantitative estimate of drug-likeness (QED) is 0.0212. The van der Waals surface area contributed by atoms with Gasteiger partial charge in [0.15, 0.2) is 0 Å². The molecule has 0 aliphatic rings. The van der Waals surface area contributed by atoms with Crippen LogP contribution in [0.5, 0.6) is 0 Å². The maximum atomic E-state index is 11.0. The number of hydrogen-bond donors (Lipinski definition) is 9. The number of carbonyl (C=O) groups excluding carboxylic acids is 4. The summed E-state index contributed by atoms with van der Waals surface area (Å²) in [4.78, 5) is 64.4. The minimum absolute atomic E-state index is 0.295. The summed E-state index contributed by atoms with van der Waals surface area (Å²) in [6, 6.07) is 90.5. The molecule has 0 unspecified atom stereocenters. The average molecular weight is 1480 g/mol. The number of esters is 2. The van der Waals surface area contributed by atoms with Crippen molar-refractivity contribution in [3.63, 3.8) is 0 Å². The largest absolute Gasteiger partial charge is 0.466 e. The molecule has 0 aliphatic heterocycles. The zero-order chi connectivity index (χ0) is 79.6. The van der Waals surface area contributed by atoms with E-state index in [1.54, 1.807) is 41.9 Å². The summed E-state index contributed by atoms with van der Waals surface area (Å²) in [7, 11) is 11.8. The third kappa shape index (κ3) is 35.0. The molecular formula is C90H100N12O8. The molecule has 20 heteroatoms. The highest BCUT2D eigenvalue weighted by Crippen LogP contribution is 2.14. The molecule has 568 valence electrons. The molecule has 5 heterocycles. The molecule has 0 bridgehead atoms. The number of para-hydroxylation sites is 5. The number of pyridine rings is 5. The van der Waals surface area contributed by atoms with Gasteiger partial charge >= 0.3 is 11.9 Å². The summed E-state index contributed by atoms with van der Waals surface area (Å²) in [6.07, 6.45) is 15.1. The smallest absolute Gasteiger partial charge is 0.337 e. The first-order chi connectivity index (χ1) is 53.9. The van der Waals surface area contributed by atoms with E-state index in [-0.39, 0.29) is 11.9 Å². The number of nitrogens with two attached hydrogens (primary N) is 1. The number of aromatic nitrogens is 5. The molecule has 14 rings (SSSR count). The molecule has 5 aromatic heterocycles. The number of ether oxygens (including phenoxy) is 2. The molecule has 110 heavy (non-hydrogen) atoms. The van der Waals surface area contributed by atoms with Crippen LogP contribution in [0.25, 0.3) is 66.7 Å². The number of amides is 2. The number of methoxy groups -OCH3 is 2. The van der Waals surface area contributed by atoms with Gasteiger partial charge in [-0.15, -0.1) is 0 Å². The van der Waals surface area contributed by atoms with Crippen molar-refractivity contribution in [3.8, 4) is 0 Å². The summed E-state index contributed by atoms with van der Waals surface area (Å²) in [5.41, 5.74) is 20.5. The second kappa shape index (κ2) is 55.5. The molecule has 0 fully saturated rings. The Morgan fingerprint density at radius 2 is 0.591 bits per heavy atom. The number of nitrogens with zero attached hydrogens (tertiary/aromatic N) is 5. The second-order valence-electron chi connectivity index (χ2n) is 22.6. The lowest BCUT2D eigenvalue weighted by Gasteiger charge is -2.01. The number of hydrogen-bond acceptors (Lipinski definition) is 18. The Morgan fingerprint density at radius 1 is 0.336 bits per heavy atom. The lowest BCUT2D eigenvalue weighted by Crippen LogP contribution is -2.18. The Hall–Kier alpha value is -12.9. The van der Waals surface area contributed by atoms with E-state index in [0.29, 0.717) is 11.1 Å². The van der Waals surface area contributed by atoms with Crippen LogP contribution in [0.2, 0.25) is 0 Å². The molecule has 14 aromatic rings. The van der Waals surface area contributed by atoms with Gasteiger partial charge in [-0.25, -0.2) is 20.5 Å². The summed E-state index contributed by atoms with van der Waals surface area (Å²) >= 11 is 0. The van der Waals surface area contributed by atoms with Crippen molar-refractivity contribution < 1.29 is 39.1 Å². The van der Waals surface area contributed by atoms with Crippen LogP contribution in [0.4, 0.5) is 0 Å². The van der Waals surface area contributed by atoms with Crippen LogP contribution in [0.15, 0.2) is 322 Å². The standard InChI is InChI=1S/C12H15NO2.C11H14N2O2.C10H13NO2.C9H12N2O2.5C9H7N.C2H6.CH5N/c1-13-9-11-5-3-10(4-6-11)7-8-12(14)15-2;1-12-8-10-4-2-9(3-5-10)6-7-11(14)13-15;1-11-7-8-3-5-9(6-4-8)10(12)13-2;1-10-6-7-2-4-8(5-3-7)9(12)11-13;5*1-2-6-9-8(4-1)5-3-7-10-9;2*1-2/h3-8,13H,9H2,1-2H3;2-7,12,15H,8H2,1H3,(H,13,14);3-6,11H,7H2,1-2H3;2-5,10,13H,6H2,1H3,(H,11,12);5*1-7H;1-2H3;2H2,1H3/b8-7+;7-6+;;;;;;;;;. The van der Waals surface area contributed by atoms with Crippen molar-refractivity contribution in [3.05, 3.63) is 367 Å². The van der Waals surface area contributed by atoms with Crippen molar-refractivity contribution in [2.75, 3.05) is 49.5 Å². The topological polar surface area (TPSA) is 290 Å². The van der Waals surface area contributed by atoms with Gasteiger partial charge in [-0.3, -0.25) is 44.9 Å². The van der Waals surface area contributed by atoms with E-state index in [0.717, 1.165) is 76.0 Å². The Labute approximate surface area is 645 Å². The van der Waals surface area contributed by atoms with Crippen molar-refractivity contribution in [1.29, 1.82) is 0 Å².